The average Bonchev–Trinajstić information content (AvgIpc) is 2.82. The number of benzene rings is 1. The van der Waals surface area contributed by atoms with Gasteiger partial charge >= 0.3 is 0 Å². The largest absolute Gasteiger partial charge is 0.322 e. The first-order valence-corrected chi connectivity index (χ1v) is 7.09. The first-order chi connectivity index (χ1) is 9.54. The maximum Gasteiger partial charge on any atom is 0.248 e. The Morgan fingerprint density at radius 3 is 2.70 bits per heavy atom. The zero-order chi connectivity index (χ0) is 14.5. The second-order valence-electron chi connectivity index (χ2n) is 4.10. The van der Waals surface area contributed by atoms with E-state index >= 15 is 0 Å². The van der Waals surface area contributed by atoms with Crippen molar-refractivity contribution in [1.29, 1.82) is 0 Å². The molecule has 0 aliphatic rings. The smallest absolute Gasteiger partial charge is 0.248 e. The molecule has 0 aliphatic carbocycles. The van der Waals surface area contributed by atoms with Crippen molar-refractivity contribution in [3.05, 3.63) is 57.3 Å². The van der Waals surface area contributed by atoms with E-state index in [0.29, 0.717) is 15.6 Å². The van der Waals surface area contributed by atoms with Crippen LogP contribution in [-0.2, 0) is 4.79 Å². The van der Waals surface area contributed by atoms with Crippen LogP contribution in [0.5, 0.6) is 0 Å². The Morgan fingerprint density at radius 1 is 1.25 bits per heavy atom. The molecular weight excluding hydrogens is 294 g/mol. The van der Waals surface area contributed by atoms with Gasteiger partial charge in [-0.3, -0.25) is 9.59 Å². The number of Topliss-reactive ketones (excluding diaryl/α,β-unsaturated/α-hetero) is 1. The summed E-state index contributed by atoms with van der Waals surface area (Å²) in [6.07, 6.45) is 3.13. The molecule has 0 saturated carbocycles. The number of carbonyl (C=O) groups excluding carboxylic acids is 2. The average molecular weight is 306 g/mol. The van der Waals surface area contributed by atoms with Crippen LogP contribution in [0.3, 0.4) is 0 Å². The van der Waals surface area contributed by atoms with Gasteiger partial charge in [0.2, 0.25) is 5.91 Å². The zero-order valence-corrected chi connectivity index (χ0v) is 12.3. The lowest BCUT2D eigenvalue weighted by atomic mass is 10.1. The van der Waals surface area contributed by atoms with Crippen LogP contribution in [0.1, 0.15) is 22.2 Å². The topological polar surface area (TPSA) is 46.2 Å². The van der Waals surface area contributed by atoms with Gasteiger partial charge < -0.3 is 5.32 Å². The summed E-state index contributed by atoms with van der Waals surface area (Å²) in [5.41, 5.74) is 1.16. The van der Waals surface area contributed by atoms with E-state index in [1.54, 1.807) is 36.4 Å². The van der Waals surface area contributed by atoms with Crippen molar-refractivity contribution in [2.45, 2.75) is 6.92 Å². The molecule has 0 atom stereocenters. The molecule has 0 unspecified atom stereocenters. The predicted molar refractivity (Wildman–Crippen MR) is 83.4 cm³/mol. The molecule has 1 N–H and O–H groups in total. The number of hydrogen-bond donors (Lipinski definition) is 1. The highest BCUT2D eigenvalue weighted by Gasteiger charge is 2.02. The molecule has 1 amide bonds. The normalized spacial score (nSPS) is 10.7. The summed E-state index contributed by atoms with van der Waals surface area (Å²) in [6.45, 7) is 1.49. The minimum atomic E-state index is -0.254. The van der Waals surface area contributed by atoms with Gasteiger partial charge in [-0.15, -0.1) is 11.3 Å². The number of hydrogen-bond acceptors (Lipinski definition) is 3. The molecule has 102 valence electrons. The van der Waals surface area contributed by atoms with Crippen molar-refractivity contribution in [2.75, 3.05) is 5.32 Å². The SMILES string of the molecule is CC(=O)c1cccc(NC(=O)/C=C/c2ccc(Cl)s2)c1. The second kappa shape index (κ2) is 6.50. The van der Waals surface area contributed by atoms with Crippen molar-refractivity contribution in [3.8, 4) is 0 Å². The third-order valence-corrected chi connectivity index (χ3v) is 3.73. The Hall–Kier alpha value is -1.91. The molecule has 1 heterocycles. The molecule has 3 nitrogen and oxygen atoms in total. The maximum atomic E-state index is 11.8. The van der Waals surface area contributed by atoms with Crippen LogP contribution in [-0.4, -0.2) is 11.7 Å². The van der Waals surface area contributed by atoms with Gasteiger partial charge in [0.1, 0.15) is 0 Å². The van der Waals surface area contributed by atoms with Crippen molar-refractivity contribution in [3.63, 3.8) is 0 Å². The summed E-state index contributed by atoms with van der Waals surface area (Å²) in [6, 6.07) is 10.4. The highest BCUT2D eigenvalue weighted by Crippen LogP contribution is 2.22. The summed E-state index contributed by atoms with van der Waals surface area (Å²) >= 11 is 7.20. The van der Waals surface area contributed by atoms with Gasteiger partial charge in [-0.25, -0.2) is 0 Å². The fraction of sp³-hybridized carbons (Fsp3) is 0.0667. The Labute approximate surface area is 125 Å². The number of ketones is 1. The quantitative estimate of drug-likeness (QED) is 0.678. The fourth-order valence-electron chi connectivity index (χ4n) is 1.58. The van der Waals surface area contributed by atoms with Gasteiger partial charge in [0, 0.05) is 22.2 Å². The minimum absolute atomic E-state index is 0.0372. The van der Waals surface area contributed by atoms with E-state index in [4.69, 9.17) is 11.6 Å². The van der Waals surface area contributed by atoms with Crippen LogP contribution in [0.4, 0.5) is 5.69 Å². The summed E-state index contributed by atoms with van der Waals surface area (Å²) in [5.74, 6) is -0.292. The summed E-state index contributed by atoms with van der Waals surface area (Å²) in [5, 5.41) is 2.71. The lowest BCUT2D eigenvalue weighted by molar-refractivity contribution is -0.111. The predicted octanol–water partition coefficient (Wildman–Crippen LogP) is 4.26. The lowest BCUT2D eigenvalue weighted by Gasteiger charge is -2.03. The van der Waals surface area contributed by atoms with Crippen molar-refractivity contribution >= 4 is 46.4 Å². The number of amides is 1. The summed E-state index contributed by atoms with van der Waals surface area (Å²) in [4.78, 5) is 23.9. The molecule has 0 fully saturated rings. The van der Waals surface area contributed by atoms with E-state index in [1.807, 2.05) is 6.07 Å². The Balaban J connectivity index is 2.02. The first kappa shape index (κ1) is 14.5. The molecule has 0 radical (unpaired) electrons. The fourth-order valence-corrected chi connectivity index (χ4v) is 2.54. The van der Waals surface area contributed by atoms with Crippen LogP contribution in [0.15, 0.2) is 42.5 Å². The molecule has 20 heavy (non-hydrogen) atoms. The zero-order valence-electron chi connectivity index (χ0n) is 10.7. The van der Waals surface area contributed by atoms with Gasteiger partial charge in [0.15, 0.2) is 5.78 Å². The molecule has 2 rings (SSSR count). The first-order valence-electron chi connectivity index (χ1n) is 5.90. The van der Waals surface area contributed by atoms with Crippen molar-refractivity contribution < 1.29 is 9.59 Å². The summed E-state index contributed by atoms with van der Waals surface area (Å²) < 4.78 is 0.680. The van der Waals surface area contributed by atoms with Gasteiger partial charge in [-0.1, -0.05) is 23.7 Å². The molecule has 2 aromatic rings. The standard InChI is InChI=1S/C15H12ClNO2S/c1-10(18)11-3-2-4-12(9-11)17-15(19)8-6-13-5-7-14(16)20-13/h2-9H,1H3,(H,17,19)/b8-6+. The van der Waals surface area contributed by atoms with E-state index in [-0.39, 0.29) is 11.7 Å². The molecule has 1 aromatic carbocycles. The molecular formula is C15H12ClNO2S. The van der Waals surface area contributed by atoms with Crippen LogP contribution < -0.4 is 5.32 Å². The Bertz CT molecular complexity index is 676. The van der Waals surface area contributed by atoms with Crippen LogP contribution in [0.25, 0.3) is 6.08 Å². The van der Waals surface area contributed by atoms with E-state index in [1.165, 1.54) is 24.3 Å². The van der Waals surface area contributed by atoms with E-state index in [2.05, 4.69) is 5.32 Å². The number of rotatable bonds is 4. The van der Waals surface area contributed by atoms with Crippen molar-refractivity contribution in [1.82, 2.24) is 0 Å². The maximum absolute atomic E-state index is 11.8. The molecule has 0 bridgehead atoms. The van der Waals surface area contributed by atoms with Gasteiger partial charge in [0.05, 0.1) is 4.34 Å². The lowest BCUT2D eigenvalue weighted by Crippen LogP contribution is -2.08. The van der Waals surface area contributed by atoms with Crippen molar-refractivity contribution in [2.24, 2.45) is 0 Å². The monoisotopic (exact) mass is 305 g/mol. The van der Waals surface area contributed by atoms with Crippen LogP contribution in [0.2, 0.25) is 4.34 Å². The number of thiophene rings is 1. The van der Waals surface area contributed by atoms with Gasteiger partial charge in [-0.05, 0) is 37.3 Å². The number of nitrogens with one attached hydrogen (secondary N) is 1. The van der Waals surface area contributed by atoms with E-state index in [9.17, 15) is 9.59 Å². The van der Waals surface area contributed by atoms with Crippen LogP contribution >= 0.6 is 22.9 Å². The summed E-state index contributed by atoms with van der Waals surface area (Å²) in [7, 11) is 0. The minimum Gasteiger partial charge on any atom is -0.322 e. The number of carbonyl (C=O) groups is 2. The van der Waals surface area contributed by atoms with E-state index in [0.717, 1.165) is 4.88 Å². The molecule has 1 aromatic heterocycles. The van der Waals surface area contributed by atoms with Crippen LogP contribution in [0, 0.1) is 0 Å². The number of anilines is 1. The third kappa shape index (κ3) is 4.05. The highest BCUT2D eigenvalue weighted by atomic mass is 35.5. The second-order valence-corrected chi connectivity index (χ2v) is 5.85. The third-order valence-electron chi connectivity index (χ3n) is 2.53. The molecule has 0 spiro atoms. The molecule has 5 heteroatoms. The molecule has 0 aliphatic heterocycles. The van der Waals surface area contributed by atoms with Gasteiger partial charge in [0.25, 0.3) is 0 Å². The van der Waals surface area contributed by atoms with Gasteiger partial charge in [-0.2, -0.15) is 0 Å². The highest BCUT2D eigenvalue weighted by molar-refractivity contribution is 7.17. The molecule has 0 saturated heterocycles. The Morgan fingerprint density at radius 2 is 2.05 bits per heavy atom. The Kier molecular flexibility index (Phi) is 4.71. The number of halogens is 1. The van der Waals surface area contributed by atoms with E-state index < -0.39 is 0 Å².